The van der Waals surface area contributed by atoms with Gasteiger partial charge in [0.15, 0.2) is 0 Å². The summed E-state index contributed by atoms with van der Waals surface area (Å²) in [7, 11) is -4.25. The second kappa shape index (κ2) is 14.0. The largest absolute Gasteiger partial charge is 0.354 e. The number of carbonyl (C=O) groups excluding carboxylic acids is 2. The number of nitrogens with zero attached hydrogens (tertiary/aromatic N) is 2. The molecule has 3 aromatic carbocycles. The summed E-state index contributed by atoms with van der Waals surface area (Å²) in [6.07, 6.45) is 0.276. The van der Waals surface area contributed by atoms with Crippen LogP contribution in [-0.4, -0.2) is 44.3 Å². The van der Waals surface area contributed by atoms with Gasteiger partial charge in [-0.1, -0.05) is 62.2 Å². The molecule has 2 amide bonds. The molecule has 0 aliphatic rings. The molecule has 0 saturated heterocycles. The van der Waals surface area contributed by atoms with E-state index in [2.05, 4.69) is 5.32 Å². The van der Waals surface area contributed by atoms with Crippen molar-refractivity contribution in [2.45, 2.75) is 44.7 Å². The van der Waals surface area contributed by atoms with Crippen LogP contribution in [0.4, 0.5) is 10.1 Å². The molecule has 0 spiro atoms. The summed E-state index contributed by atoms with van der Waals surface area (Å²) in [4.78, 5) is 28.4. The predicted octanol–water partition coefficient (Wildman–Crippen LogP) is 5.91. The van der Waals surface area contributed by atoms with Gasteiger partial charge in [0, 0.05) is 23.1 Å². The van der Waals surface area contributed by atoms with Crippen LogP contribution < -0.4 is 9.62 Å². The third kappa shape index (κ3) is 8.19. The molecule has 3 aromatic rings. The number of halogens is 3. The van der Waals surface area contributed by atoms with Crippen LogP contribution in [0.5, 0.6) is 0 Å². The number of carbonyl (C=O) groups is 2. The summed E-state index contributed by atoms with van der Waals surface area (Å²) in [6.45, 7) is 5.44. The second-order valence-electron chi connectivity index (χ2n) is 9.66. The van der Waals surface area contributed by atoms with Gasteiger partial charge in [0.25, 0.3) is 10.0 Å². The number of benzene rings is 3. The third-order valence-electron chi connectivity index (χ3n) is 6.11. The first-order valence-corrected chi connectivity index (χ1v) is 15.0. The molecule has 7 nitrogen and oxygen atoms in total. The number of hydrogen-bond acceptors (Lipinski definition) is 4. The number of amides is 2. The topological polar surface area (TPSA) is 86.8 Å². The molecule has 1 unspecified atom stereocenters. The van der Waals surface area contributed by atoms with Gasteiger partial charge in [0.2, 0.25) is 11.8 Å². The molecule has 214 valence electrons. The lowest BCUT2D eigenvalue weighted by atomic mass is 10.1. The van der Waals surface area contributed by atoms with Crippen LogP contribution in [0.3, 0.4) is 0 Å². The van der Waals surface area contributed by atoms with Gasteiger partial charge in [-0.25, -0.2) is 12.8 Å². The Labute approximate surface area is 244 Å². The van der Waals surface area contributed by atoms with E-state index in [9.17, 15) is 22.4 Å². The van der Waals surface area contributed by atoms with Crippen LogP contribution in [0, 0.1) is 11.7 Å². The summed E-state index contributed by atoms with van der Waals surface area (Å²) in [5.74, 6) is -1.23. The van der Waals surface area contributed by atoms with E-state index in [0.717, 1.165) is 4.31 Å². The van der Waals surface area contributed by atoms with Crippen molar-refractivity contribution in [1.29, 1.82) is 0 Å². The van der Waals surface area contributed by atoms with Crippen LogP contribution >= 0.6 is 23.2 Å². The maximum absolute atomic E-state index is 14.0. The van der Waals surface area contributed by atoms with Crippen LogP contribution in [0.25, 0.3) is 0 Å². The van der Waals surface area contributed by atoms with Gasteiger partial charge in [0.05, 0.1) is 10.6 Å². The number of anilines is 1. The van der Waals surface area contributed by atoms with Gasteiger partial charge >= 0.3 is 0 Å². The van der Waals surface area contributed by atoms with Crippen molar-refractivity contribution in [2.24, 2.45) is 5.92 Å². The highest BCUT2D eigenvalue weighted by Gasteiger charge is 2.33. The molecule has 0 fully saturated rings. The standard InChI is InChI=1S/C29H32Cl2FN3O4S/c1-4-27(29(37)33-17-20(2)3)34(18-21-8-12-24(32)13-9-21)28(36)19-35(25-7-5-6-23(31)16-25)40(38,39)26-14-10-22(30)11-15-26/h5-16,20,27H,4,17-19H2,1-3H3,(H,33,37). The summed E-state index contributed by atoms with van der Waals surface area (Å²) in [6, 6.07) is 16.4. The van der Waals surface area contributed by atoms with Crippen molar-refractivity contribution in [3.8, 4) is 0 Å². The first-order valence-electron chi connectivity index (χ1n) is 12.8. The Kier molecular flexibility index (Phi) is 11.0. The minimum Gasteiger partial charge on any atom is -0.354 e. The van der Waals surface area contributed by atoms with E-state index < -0.39 is 34.3 Å². The molecule has 3 rings (SSSR count). The monoisotopic (exact) mass is 607 g/mol. The van der Waals surface area contributed by atoms with Crippen LogP contribution in [0.1, 0.15) is 32.8 Å². The quantitative estimate of drug-likeness (QED) is 0.277. The fraction of sp³-hybridized carbons (Fsp3) is 0.310. The molecule has 0 aromatic heterocycles. The van der Waals surface area contributed by atoms with Crippen LogP contribution in [-0.2, 0) is 26.2 Å². The average molecular weight is 609 g/mol. The van der Waals surface area contributed by atoms with Gasteiger partial charge in [0.1, 0.15) is 18.4 Å². The third-order valence-corrected chi connectivity index (χ3v) is 8.39. The minimum atomic E-state index is -4.25. The number of nitrogens with one attached hydrogen (secondary N) is 1. The summed E-state index contributed by atoms with van der Waals surface area (Å²) in [5.41, 5.74) is 0.759. The summed E-state index contributed by atoms with van der Waals surface area (Å²) >= 11 is 12.2. The molecule has 0 heterocycles. The number of sulfonamides is 1. The van der Waals surface area contributed by atoms with E-state index >= 15 is 0 Å². The van der Waals surface area contributed by atoms with Gasteiger partial charge in [-0.05, 0) is 72.5 Å². The molecule has 40 heavy (non-hydrogen) atoms. The zero-order valence-electron chi connectivity index (χ0n) is 22.5. The van der Waals surface area contributed by atoms with Crippen molar-refractivity contribution >= 4 is 50.7 Å². The fourth-order valence-corrected chi connectivity index (χ4v) is 5.74. The van der Waals surface area contributed by atoms with E-state index in [4.69, 9.17) is 23.2 Å². The predicted molar refractivity (Wildman–Crippen MR) is 156 cm³/mol. The van der Waals surface area contributed by atoms with Crippen molar-refractivity contribution in [3.05, 3.63) is 94.2 Å². The van der Waals surface area contributed by atoms with Crippen molar-refractivity contribution in [2.75, 3.05) is 17.4 Å². The normalized spacial score (nSPS) is 12.2. The highest BCUT2D eigenvalue weighted by Crippen LogP contribution is 2.27. The van der Waals surface area contributed by atoms with Crippen molar-refractivity contribution in [1.82, 2.24) is 10.2 Å². The average Bonchev–Trinajstić information content (AvgIpc) is 2.91. The lowest BCUT2D eigenvalue weighted by molar-refractivity contribution is -0.140. The number of hydrogen-bond donors (Lipinski definition) is 1. The molecule has 11 heteroatoms. The highest BCUT2D eigenvalue weighted by molar-refractivity contribution is 7.92. The van der Waals surface area contributed by atoms with Crippen LogP contribution in [0.15, 0.2) is 77.7 Å². The van der Waals surface area contributed by atoms with Gasteiger partial charge in [-0.15, -0.1) is 0 Å². The molecule has 0 bridgehead atoms. The highest BCUT2D eigenvalue weighted by atomic mass is 35.5. The molecular weight excluding hydrogens is 576 g/mol. The Hall–Kier alpha value is -3.14. The SMILES string of the molecule is CCC(C(=O)NCC(C)C)N(Cc1ccc(F)cc1)C(=O)CN(c1cccc(Cl)c1)S(=O)(=O)c1ccc(Cl)cc1. The Balaban J connectivity index is 2.04. The first kappa shape index (κ1) is 31.4. The van der Waals surface area contributed by atoms with Gasteiger partial charge < -0.3 is 10.2 Å². The second-order valence-corrected chi connectivity index (χ2v) is 12.4. The smallest absolute Gasteiger partial charge is 0.264 e. The maximum Gasteiger partial charge on any atom is 0.264 e. The molecule has 0 aliphatic heterocycles. The van der Waals surface area contributed by atoms with Gasteiger partial charge in [-0.3, -0.25) is 13.9 Å². The number of rotatable bonds is 12. The zero-order chi connectivity index (χ0) is 29.4. The van der Waals surface area contributed by atoms with Crippen molar-refractivity contribution in [3.63, 3.8) is 0 Å². The lowest BCUT2D eigenvalue weighted by Gasteiger charge is -2.33. The molecule has 0 radical (unpaired) electrons. The molecule has 0 saturated carbocycles. The Morgan fingerprint density at radius 3 is 2.17 bits per heavy atom. The summed E-state index contributed by atoms with van der Waals surface area (Å²) in [5, 5.41) is 3.50. The molecule has 0 aliphatic carbocycles. The molecular formula is C29H32Cl2FN3O4S. The van der Waals surface area contributed by atoms with E-state index in [-0.39, 0.29) is 40.4 Å². The molecule has 1 atom stereocenters. The van der Waals surface area contributed by atoms with Gasteiger partial charge in [-0.2, -0.15) is 0 Å². The van der Waals surface area contributed by atoms with Crippen molar-refractivity contribution < 1.29 is 22.4 Å². The van der Waals surface area contributed by atoms with E-state index in [1.54, 1.807) is 19.1 Å². The fourth-order valence-electron chi connectivity index (χ4n) is 4.02. The Bertz CT molecular complexity index is 1420. The maximum atomic E-state index is 14.0. The Morgan fingerprint density at radius 1 is 0.950 bits per heavy atom. The van der Waals surface area contributed by atoms with E-state index in [1.165, 1.54) is 65.6 Å². The van der Waals surface area contributed by atoms with E-state index in [0.29, 0.717) is 17.1 Å². The minimum absolute atomic E-state index is 0.0307. The van der Waals surface area contributed by atoms with E-state index in [1.807, 2.05) is 13.8 Å². The Morgan fingerprint density at radius 2 is 1.60 bits per heavy atom. The lowest BCUT2D eigenvalue weighted by Crippen LogP contribution is -2.52. The first-order chi connectivity index (χ1) is 18.9. The zero-order valence-corrected chi connectivity index (χ0v) is 24.8. The van der Waals surface area contributed by atoms with Crippen LogP contribution in [0.2, 0.25) is 10.0 Å². The summed E-state index contributed by atoms with van der Waals surface area (Å²) < 4.78 is 42.2. The molecule has 1 N–H and O–H groups in total.